The molecule has 0 aliphatic carbocycles. The van der Waals surface area contributed by atoms with E-state index in [1.165, 1.54) is 0 Å². The Bertz CT molecular complexity index is 1360. The van der Waals surface area contributed by atoms with Gasteiger partial charge in [-0.3, -0.25) is 14.5 Å². The normalized spacial score (nSPS) is 19.4. The van der Waals surface area contributed by atoms with E-state index in [4.69, 9.17) is 34.2 Å². The van der Waals surface area contributed by atoms with Crippen LogP contribution in [0.25, 0.3) is 0 Å². The van der Waals surface area contributed by atoms with Gasteiger partial charge < -0.3 is 44.4 Å². The van der Waals surface area contributed by atoms with Crippen molar-refractivity contribution in [2.45, 2.75) is 92.2 Å². The summed E-state index contributed by atoms with van der Waals surface area (Å²) in [4.78, 5) is 43.8. The Morgan fingerprint density at radius 1 is 1.02 bits per heavy atom. The minimum absolute atomic E-state index is 0.000864. The quantitative estimate of drug-likeness (QED) is 0.0916. The van der Waals surface area contributed by atoms with Crippen molar-refractivity contribution in [3.05, 3.63) is 36.0 Å². The van der Waals surface area contributed by atoms with E-state index in [1.54, 1.807) is 19.1 Å². The first-order valence-corrected chi connectivity index (χ1v) is 19.5. The van der Waals surface area contributed by atoms with Gasteiger partial charge in [0.15, 0.2) is 11.5 Å². The number of methoxy groups -OCH3 is 2. The molecule has 0 saturated carbocycles. The standard InChI is InChI=1S/C41H68N4O9/c1-27(2)32(20-30-12-13-35(50-10)37(21-30)51-19-11-18-49-9)22-34-36(23-33(28(3)4)38(46)43-24-41(6,7)29(5)42)52-25-45(34)40(48)54-26-53-39(47)31-14-16-44(8)17-15-31/h12-13,21,27-28,31-34,36H,5,11,14-20,22-26,42H2,1-4,6-10H3,(H,43,46)/t32-,33-,34-,36-/m0/s1. The smallest absolute Gasteiger partial charge is 0.414 e. The molecule has 1 aromatic rings. The highest BCUT2D eigenvalue weighted by molar-refractivity contribution is 5.79. The number of hydrogen-bond donors (Lipinski definition) is 2. The van der Waals surface area contributed by atoms with E-state index >= 15 is 0 Å². The first-order valence-electron chi connectivity index (χ1n) is 19.5. The number of nitrogens with two attached hydrogens (primary N) is 1. The molecule has 54 heavy (non-hydrogen) atoms. The van der Waals surface area contributed by atoms with Crippen molar-refractivity contribution in [2.75, 3.05) is 67.6 Å². The van der Waals surface area contributed by atoms with E-state index in [0.717, 1.165) is 25.1 Å². The summed E-state index contributed by atoms with van der Waals surface area (Å²) in [6.45, 7) is 18.7. The van der Waals surface area contributed by atoms with Gasteiger partial charge in [0.25, 0.3) is 0 Å². The van der Waals surface area contributed by atoms with Crippen LogP contribution >= 0.6 is 0 Å². The third kappa shape index (κ3) is 13.3. The van der Waals surface area contributed by atoms with Crippen LogP contribution in [0.15, 0.2) is 30.5 Å². The molecule has 2 fully saturated rings. The summed E-state index contributed by atoms with van der Waals surface area (Å²) in [5.41, 5.74) is 7.10. The molecule has 2 heterocycles. The average molecular weight is 761 g/mol. The number of ether oxygens (including phenoxy) is 6. The molecule has 2 aliphatic heterocycles. The number of likely N-dealkylation sites (tertiary alicyclic amines) is 1. The molecule has 1 aromatic carbocycles. The van der Waals surface area contributed by atoms with Crippen LogP contribution in [0.1, 0.15) is 79.2 Å². The Balaban J connectivity index is 1.81. The maximum Gasteiger partial charge on any atom is 0.414 e. The van der Waals surface area contributed by atoms with Gasteiger partial charge in [-0.25, -0.2) is 4.79 Å². The number of carbonyl (C=O) groups excluding carboxylic acids is 3. The van der Waals surface area contributed by atoms with Gasteiger partial charge in [-0.2, -0.15) is 0 Å². The summed E-state index contributed by atoms with van der Waals surface area (Å²) in [5.74, 6) is 0.644. The lowest BCUT2D eigenvalue weighted by Gasteiger charge is -2.33. The van der Waals surface area contributed by atoms with Crippen LogP contribution in [0.3, 0.4) is 0 Å². The van der Waals surface area contributed by atoms with Crippen molar-refractivity contribution in [3.63, 3.8) is 0 Å². The fourth-order valence-electron chi connectivity index (χ4n) is 6.89. The van der Waals surface area contributed by atoms with E-state index in [2.05, 4.69) is 30.6 Å². The zero-order valence-electron chi connectivity index (χ0n) is 34.3. The van der Waals surface area contributed by atoms with E-state index in [1.807, 2.05) is 52.9 Å². The topological polar surface area (TPSA) is 151 Å². The number of nitrogens with zero attached hydrogens (tertiary/aromatic N) is 2. The monoisotopic (exact) mass is 760 g/mol. The maximum absolute atomic E-state index is 13.7. The fourth-order valence-corrected chi connectivity index (χ4v) is 6.89. The predicted octanol–water partition coefficient (Wildman–Crippen LogP) is 5.60. The summed E-state index contributed by atoms with van der Waals surface area (Å²) >= 11 is 0. The molecular weight excluding hydrogens is 692 g/mol. The van der Waals surface area contributed by atoms with Gasteiger partial charge in [0.2, 0.25) is 12.7 Å². The van der Waals surface area contributed by atoms with Crippen LogP contribution in [0.2, 0.25) is 0 Å². The molecule has 3 N–H and O–H groups in total. The molecule has 3 rings (SSSR count). The fraction of sp³-hybridized carbons (Fsp3) is 0.732. The minimum atomic E-state index is -0.619. The first-order chi connectivity index (χ1) is 25.6. The van der Waals surface area contributed by atoms with Crippen molar-refractivity contribution >= 4 is 18.0 Å². The predicted molar refractivity (Wildman–Crippen MR) is 208 cm³/mol. The summed E-state index contributed by atoms with van der Waals surface area (Å²) in [6.07, 6.45) is 2.82. The Morgan fingerprint density at radius 3 is 2.33 bits per heavy atom. The second kappa shape index (κ2) is 21.5. The van der Waals surface area contributed by atoms with Gasteiger partial charge in [-0.15, -0.1) is 0 Å². The zero-order chi connectivity index (χ0) is 40.0. The van der Waals surface area contributed by atoms with Crippen molar-refractivity contribution < 1.29 is 42.8 Å². The van der Waals surface area contributed by atoms with Gasteiger partial charge in [-0.1, -0.05) is 54.2 Å². The second-order valence-electron chi connectivity index (χ2n) is 16.3. The number of carbonyl (C=O) groups is 3. The molecule has 0 bridgehead atoms. The van der Waals surface area contributed by atoms with E-state index < -0.39 is 30.4 Å². The molecule has 0 radical (unpaired) electrons. The van der Waals surface area contributed by atoms with Crippen molar-refractivity contribution in [2.24, 2.45) is 40.7 Å². The molecule has 13 nitrogen and oxygen atoms in total. The van der Waals surface area contributed by atoms with E-state index in [-0.39, 0.29) is 48.2 Å². The number of hydrogen-bond acceptors (Lipinski definition) is 11. The Hall–Kier alpha value is -3.55. The minimum Gasteiger partial charge on any atom is -0.493 e. The molecule has 2 amide bonds. The Labute approximate surface area is 323 Å². The van der Waals surface area contributed by atoms with Gasteiger partial charge in [0.05, 0.1) is 31.8 Å². The highest BCUT2D eigenvalue weighted by Gasteiger charge is 2.43. The summed E-state index contributed by atoms with van der Waals surface area (Å²) < 4.78 is 34.1. The van der Waals surface area contributed by atoms with Crippen LogP contribution < -0.4 is 20.5 Å². The molecule has 0 spiro atoms. The van der Waals surface area contributed by atoms with E-state index in [0.29, 0.717) is 69.1 Å². The van der Waals surface area contributed by atoms with Gasteiger partial charge in [0, 0.05) is 43.7 Å². The van der Waals surface area contributed by atoms with Crippen LogP contribution in [0.4, 0.5) is 4.79 Å². The molecule has 13 heteroatoms. The largest absolute Gasteiger partial charge is 0.493 e. The van der Waals surface area contributed by atoms with E-state index in [9.17, 15) is 14.4 Å². The van der Waals surface area contributed by atoms with Crippen molar-refractivity contribution in [3.8, 4) is 11.5 Å². The number of amides is 2. The zero-order valence-corrected chi connectivity index (χ0v) is 34.3. The van der Waals surface area contributed by atoms with Gasteiger partial charge in [-0.05, 0) is 87.7 Å². The molecule has 2 aliphatic rings. The summed E-state index contributed by atoms with van der Waals surface area (Å²) in [7, 11) is 5.32. The second-order valence-corrected chi connectivity index (χ2v) is 16.3. The number of benzene rings is 1. The third-order valence-corrected chi connectivity index (χ3v) is 11.1. The first kappa shape index (κ1) is 44.8. The van der Waals surface area contributed by atoms with Crippen LogP contribution in [-0.2, 0) is 35.0 Å². The highest BCUT2D eigenvalue weighted by atomic mass is 16.7. The molecule has 306 valence electrons. The number of rotatable bonds is 21. The van der Waals surface area contributed by atoms with Crippen LogP contribution in [0.5, 0.6) is 11.5 Å². The van der Waals surface area contributed by atoms with Crippen LogP contribution in [0, 0.1) is 35.0 Å². The Kier molecular flexibility index (Phi) is 17.9. The van der Waals surface area contributed by atoms with Crippen molar-refractivity contribution in [1.82, 2.24) is 15.1 Å². The van der Waals surface area contributed by atoms with Crippen LogP contribution in [-0.4, -0.2) is 108 Å². The average Bonchev–Trinajstić information content (AvgIpc) is 3.53. The summed E-state index contributed by atoms with van der Waals surface area (Å²) in [5, 5.41) is 3.08. The SMILES string of the molecule is C=C(N)C(C)(C)CNC(=O)[C@@H](C[C@@H]1OCN(C(=O)OCOC(=O)C2CCN(C)CC2)[C@H]1C[C@H](Cc1ccc(OC)c(OCCCOC)c1)C(C)C)C(C)C. The number of piperidine rings is 1. The molecule has 2 saturated heterocycles. The lowest BCUT2D eigenvalue weighted by Crippen LogP contribution is -2.45. The number of esters is 1. The molecule has 4 atom stereocenters. The van der Waals surface area contributed by atoms with Crippen molar-refractivity contribution in [1.29, 1.82) is 0 Å². The summed E-state index contributed by atoms with van der Waals surface area (Å²) in [6, 6.07) is 5.58. The third-order valence-electron chi connectivity index (χ3n) is 11.1. The molecular formula is C41H68N4O9. The van der Waals surface area contributed by atoms with Gasteiger partial charge in [0.1, 0.15) is 6.73 Å². The molecule has 0 aromatic heterocycles. The lowest BCUT2D eigenvalue weighted by molar-refractivity contribution is -0.159. The highest BCUT2D eigenvalue weighted by Crippen LogP contribution is 2.36. The number of nitrogens with one attached hydrogen (secondary N) is 1. The van der Waals surface area contributed by atoms with Gasteiger partial charge >= 0.3 is 12.1 Å². The lowest BCUT2D eigenvalue weighted by atomic mass is 9.80. The molecule has 0 unspecified atom stereocenters. The Morgan fingerprint density at radius 2 is 1.72 bits per heavy atom. The maximum atomic E-state index is 13.7.